The molecule has 0 aromatic heterocycles. The number of carbonyl (C=O) groups is 3. The average molecular weight is 877 g/mol. The van der Waals surface area contributed by atoms with Crippen LogP contribution in [0.25, 0.3) is 0 Å². The van der Waals surface area contributed by atoms with E-state index in [0.29, 0.717) is 19.3 Å². The molecule has 62 heavy (non-hydrogen) atoms. The van der Waals surface area contributed by atoms with E-state index in [1.54, 1.807) is 0 Å². The maximum atomic E-state index is 12.8. The lowest BCUT2D eigenvalue weighted by atomic mass is 10.0. The number of unbranched alkanes of at least 4 members (excludes halogenated alkanes) is 38. The summed E-state index contributed by atoms with van der Waals surface area (Å²) in [7, 11) is 0. The Morgan fingerprint density at radius 2 is 0.532 bits per heavy atom. The highest BCUT2D eigenvalue weighted by Gasteiger charge is 2.19. The monoisotopic (exact) mass is 877 g/mol. The molecule has 0 N–H and O–H groups in total. The van der Waals surface area contributed by atoms with Crippen molar-refractivity contribution >= 4 is 17.9 Å². The number of carbonyl (C=O) groups excluding carboxylic acids is 3. The van der Waals surface area contributed by atoms with Gasteiger partial charge in [-0.05, 0) is 25.2 Å². The molecule has 0 spiro atoms. The summed E-state index contributed by atoms with van der Waals surface area (Å²) in [5, 5.41) is 0. The van der Waals surface area contributed by atoms with E-state index in [9.17, 15) is 14.4 Å². The second-order valence-electron chi connectivity index (χ2n) is 19.7. The summed E-state index contributed by atoms with van der Waals surface area (Å²) in [6.45, 7) is 9.05. The third kappa shape index (κ3) is 49.4. The molecule has 0 aromatic rings. The average Bonchev–Trinajstić information content (AvgIpc) is 3.26. The van der Waals surface area contributed by atoms with Crippen molar-refractivity contribution in [3.8, 4) is 0 Å². The van der Waals surface area contributed by atoms with Gasteiger partial charge in [0.25, 0.3) is 0 Å². The fraction of sp³-hybridized carbons (Fsp3) is 0.946. The van der Waals surface area contributed by atoms with Crippen LogP contribution in [0.3, 0.4) is 0 Å². The molecule has 0 amide bonds. The SMILES string of the molecule is CCCCCCCCCCCCCCCCCCCC(=O)OC[C@H](COC(=O)CCCCCCCCCCCCCCCC(C)C)OC(=O)CCCCCCCCCCCCC. The summed E-state index contributed by atoms with van der Waals surface area (Å²) in [5.41, 5.74) is 0. The highest BCUT2D eigenvalue weighted by atomic mass is 16.6. The summed E-state index contributed by atoms with van der Waals surface area (Å²) in [5.74, 6) is 0.000598. The fourth-order valence-electron chi connectivity index (χ4n) is 8.57. The maximum absolute atomic E-state index is 12.8. The quantitative estimate of drug-likeness (QED) is 0.0344. The summed E-state index contributed by atoms with van der Waals surface area (Å²) in [4.78, 5) is 38.0. The highest BCUT2D eigenvalue weighted by Crippen LogP contribution is 2.18. The van der Waals surface area contributed by atoms with Gasteiger partial charge in [-0.2, -0.15) is 0 Å². The zero-order chi connectivity index (χ0) is 45.2. The molecule has 0 radical (unpaired) electrons. The lowest BCUT2D eigenvalue weighted by Gasteiger charge is -2.18. The van der Waals surface area contributed by atoms with Crippen LogP contribution in [0.4, 0.5) is 0 Å². The topological polar surface area (TPSA) is 78.9 Å². The van der Waals surface area contributed by atoms with Crippen LogP contribution in [0.5, 0.6) is 0 Å². The van der Waals surface area contributed by atoms with E-state index in [1.165, 1.54) is 212 Å². The first-order valence-electron chi connectivity index (χ1n) is 27.9. The lowest BCUT2D eigenvalue weighted by Crippen LogP contribution is -2.30. The zero-order valence-corrected chi connectivity index (χ0v) is 42.3. The van der Waals surface area contributed by atoms with Gasteiger partial charge >= 0.3 is 17.9 Å². The second kappa shape index (κ2) is 50.4. The first-order chi connectivity index (χ1) is 30.4. The van der Waals surface area contributed by atoms with Gasteiger partial charge in [0.1, 0.15) is 13.2 Å². The Morgan fingerprint density at radius 1 is 0.306 bits per heavy atom. The van der Waals surface area contributed by atoms with Gasteiger partial charge in [-0.15, -0.1) is 0 Å². The molecule has 0 aliphatic heterocycles. The molecule has 0 aliphatic carbocycles. The van der Waals surface area contributed by atoms with Gasteiger partial charge in [0.2, 0.25) is 0 Å². The summed E-state index contributed by atoms with van der Waals surface area (Å²) < 4.78 is 16.8. The number of hydrogen-bond acceptors (Lipinski definition) is 6. The Hall–Kier alpha value is -1.59. The van der Waals surface area contributed by atoms with Gasteiger partial charge in [-0.3, -0.25) is 14.4 Å². The minimum Gasteiger partial charge on any atom is -0.462 e. The minimum absolute atomic E-state index is 0.0621. The minimum atomic E-state index is -0.761. The first kappa shape index (κ1) is 60.4. The molecule has 0 saturated heterocycles. The summed E-state index contributed by atoms with van der Waals surface area (Å²) >= 11 is 0. The van der Waals surface area contributed by atoms with Gasteiger partial charge in [0, 0.05) is 19.3 Å². The molecule has 368 valence electrons. The predicted molar refractivity (Wildman–Crippen MR) is 266 cm³/mol. The molecule has 0 rings (SSSR count). The largest absolute Gasteiger partial charge is 0.462 e. The molecule has 0 aromatic carbocycles. The Balaban J connectivity index is 4.25. The molecular weight excluding hydrogens is 769 g/mol. The number of ether oxygens (including phenoxy) is 3. The smallest absolute Gasteiger partial charge is 0.306 e. The fourth-order valence-corrected chi connectivity index (χ4v) is 8.57. The van der Waals surface area contributed by atoms with Crippen molar-refractivity contribution < 1.29 is 28.6 Å². The molecule has 0 unspecified atom stereocenters. The van der Waals surface area contributed by atoms with Crippen LogP contribution in [0.1, 0.15) is 317 Å². The van der Waals surface area contributed by atoms with Crippen LogP contribution in [0.2, 0.25) is 0 Å². The van der Waals surface area contributed by atoms with Gasteiger partial charge in [0.15, 0.2) is 6.10 Å². The molecule has 0 aliphatic rings. The van der Waals surface area contributed by atoms with Crippen LogP contribution < -0.4 is 0 Å². The number of esters is 3. The zero-order valence-electron chi connectivity index (χ0n) is 42.3. The number of rotatable bonds is 51. The van der Waals surface area contributed by atoms with Crippen molar-refractivity contribution in [2.45, 2.75) is 323 Å². The Labute approximate surface area is 387 Å². The molecular formula is C56H108O6. The Morgan fingerprint density at radius 3 is 0.790 bits per heavy atom. The molecule has 6 nitrogen and oxygen atoms in total. The molecule has 0 heterocycles. The van der Waals surface area contributed by atoms with Crippen molar-refractivity contribution in [1.82, 2.24) is 0 Å². The van der Waals surface area contributed by atoms with Crippen molar-refractivity contribution in [2.75, 3.05) is 13.2 Å². The molecule has 0 fully saturated rings. The van der Waals surface area contributed by atoms with E-state index in [4.69, 9.17) is 14.2 Å². The number of hydrogen-bond donors (Lipinski definition) is 0. The van der Waals surface area contributed by atoms with E-state index in [1.807, 2.05) is 0 Å². The normalized spacial score (nSPS) is 12.0. The predicted octanol–water partition coefficient (Wildman–Crippen LogP) is 18.2. The van der Waals surface area contributed by atoms with Crippen LogP contribution >= 0.6 is 0 Å². The Kier molecular flexibility index (Phi) is 49.1. The van der Waals surface area contributed by atoms with Crippen LogP contribution in [0.15, 0.2) is 0 Å². The lowest BCUT2D eigenvalue weighted by molar-refractivity contribution is -0.167. The second-order valence-corrected chi connectivity index (χ2v) is 19.7. The standard InChI is InChI=1S/C56H108O6/c1-5-7-9-11-13-15-17-18-19-20-21-24-28-31-35-39-43-47-54(57)60-50-53(62-56(59)49-45-41-37-33-26-16-14-12-10-8-6-2)51-61-55(58)48-44-40-36-32-29-25-22-23-27-30-34-38-42-46-52(3)4/h52-53H,5-51H2,1-4H3/t53-/m1/s1. The van der Waals surface area contributed by atoms with Crippen LogP contribution in [-0.2, 0) is 28.6 Å². The van der Waals surface area contributed by atoms with Crippen molar-refractivity contribution in [1.29, 1.82) is 0 Å². The maximum Gasteiger partial charge on any atom is 0.306 e. The third-order valence-electron chi connectivity index (χ3n) is 12.8. The van der Waals surface area contributed by atoms with E-state index < -0.39 is 6.10 Å². The van der Waals surface area contributed by atoms with Crippen LogP contribution in [0, 0.1) is 5.92 Å². The van der Waals surface area contributed by atoms with Gasteiger partial charge in [-0.1, -0.05) is 278 Å². The van der Waals surface area contributed by atoms with E-state index >= 15 is 0 Å². The van der Waals surface area contributed by atoms with Gasteiger partial charge in [-0.25, -0.2) is 0 Å². The molecule has 1 atom stereocenters. The Bertz CT molecular complexity index is 933. The molecule has 0 saturated carbocycles. The van der Waals surface area contributed by atoms with E-state index in [0.717, 1.165) is 63.7 Å². The third-order valence-corrected chi connectivity index (χ3v) is 12.8. The van der Waals surface area contributed by atoms with E-state index in [-0.39, 0.29) is 31.1 Å². The van der Waals surface area contributed by atoms with Gasteiger partial charge < -0.3 is 14.2 Å². The molecule has 0 bridgehead atoms. The van der Waals surface area contributed by atoms with Crippen molar-refractivity contribution in [3.63, 3.8) is 0 Å². The highest BCUT2D eigenvalue weighted by molar-refractivity contribution is 5.71. The molecule has 6 heteroatoms. The summed E-state index contributed by atoms with van der Waals surface area (Å²) in [6, 6.07) is 0. The van der Waals surface area contributed by atoms with E-state index in [2.05, 4.69) is 27.7 Å². The van der Waals surface area contributed by atoms with Crippen molar-refractivity contribution in [3.05, 3.63) is 0 Å². The van der Waals surface area contributed by atoms with Crippen LogP contribution in [-0.4, -0.2) is 37.2 Å². The van der Waals surface area contributed by atoms with Crippen molar-refractivity contribution in [2.24, 2.45) is 5.92 Å². The first-order valence-corrected chi connectivity index (χ1v) is 27.9. The van der Waals surface area contributed by atoms with Gasteiger partial charge in [0.05, 0.1) is 0 Å². The summed E-state index contributed by atoms with van der Waals surface area (Å²) in [6.07, 6.45) is 53.7.